The summed E-state index contributed by atoms with van der Waals surface area (Å²) in [5, 5.41) is 11.2. The molecule has 5 nitrogen and oxygen atoms in total. The van der Waals surface area contributed by atoms with Crippen molar-refractivity contribution in [1.29, 1.82) is 0 Å². The maximum Gasteiger partial charge on any atom is 0.0964 e. The minimum atomic E-state index is 0.534. The first kappa shape index (κ1) is 11.1. The van der Waals surface area contributed by atoms with Crippen LogP contribution in [0.15, 0.2) is 6.20 Å². The Hall–Kier alpha value is -0.940. The number of aryl methyl sites for hydroxylation is 1. The molecule has 0 amide bonds. The zero-order valence-corrected chi connectivity index (χ0v) is 9.36. The molecule has 5 heteroatoms. The number of aromatic nitrogens is 3. The first-order valence-corrected chi connectivity index (χ1v) is 4.82. The van der Waals surface area contributed by atoms with Gasteiger partial charge in [-0.25, -0.2) is 0 Å². The Kier molecular flexibility index (Phi) is 4.03. The third-order valence-electron chi connectivity index (χ3n) is 2.28. The van der Waals surface area contributed by atoms with Crippen molar-refractivity contribution < 1.29 is 0 Å². The lowest BCUT2D eigenvalue weighted by molar-refractivity contribution is 0.302. The van der Waals surface area contributed by atoms with Gasteiger partial charge in [0.15, 0.2) is 0 Å². The SMILES string of the molecule is CC(CNCc1cn(C)nn1)N(C)C. The number of hydrogen-bond donors (Lipinski definition) is 1. The van der Waals surface area contributed by atoms with Crippen molar-refractivity contribution in [1.82, 2.24) is 25.2 Å². The summed E-state index contributed by atoms with van der Waals surface area (Å²) >= 11 is 0. The minimum absolute atomic E-state index is 0.534. The van der Waals surface area contributed by atoms with Crippen LogP contribution in [0.1, 0.15) is 12.6 Å². The van der Waals surface area contributed by atoms with Gasteiger partial charge in [-0.2, -0.15) is 0 Å². The van der Waals surface area contributed by atoms with Gasteiger partial charge in [-0.1, -0.05) is 5.21 Å². The van der Waals surface area contributed by atoms with E-state index >= 15 is 0 Å². The zero-order valence-electron chi connectivity index (χ0n) is 9.36. The summed E-state index contributed by atoms with van der Waals surface area (Å²) in [6, 6.07) is 0.534. The molecule has 0 aliphatic rings. The molecule has 1 heterocycles. The van der Waals surface area contributed by atoms with Crippen molar-refractivity contribution in [3.8, 4) is 0 Å². The van der Waals surface area contributed by atoms with Crippen LogP contribution in [0.4, 0.5) is 0 Å². The average Bonchev–Trinajstić information content (AvgIpc) is 2.51. The molecule has 1 aromatic rings. The number of hydrogen-bond acceptors (Lipinski definition) is 4. The fraction of sp³-hybridized carbons (Fsp3) is 0.778. The summed E-state index contributed by atoms with van der Waals surface area (Å²) in [4.78, 5) is 2.18. The third-order valence-corrected chi connectivity index (χ3v) is 2.28. The van der Waals surface area contributed by atoms with Gasteiger partial charge in [-0.05, 0) is 21.0 Å². The van der Waals surface area contributed by atoms with Gasteiger partial charge in [0, 0.05) is 32.4 Å². The monoisotopic (exact) mass is 197 g/mol. The summed E-state index contributed by atoms with van der Waals surface area (Å²) < 4.78 is 1.71. The Morgan fingerprint density at radius 3 is 2.79 bits per heavy atom. The molecule has 14 heavy (non-hydrogen) atoms. The molecule has 0 bridgehead atoms. The van der Waals surface area contributed by atoms with E-state index in [4.69, 9.17) is 0 Å². The predicted octanol–water partition coefficient (Wildman–Crippen LogP) is -0.145. The van der Waals surface area contributed by atoms with E-state index in [-0.39, 0.29) is 0 Å². The van der Waals surface area contributed by atoms with Crippen LogP contribution in [0.3, 0.4) is 0 Å². The van der Waals surface area contributed by atoms with E-state index < -0.39 is 0 Å². The Morgan fingerprint density at radius 1 is 1.57 bits per heavy atom. The standard InChI is InChI=1S/C9H19N5/c1-8(13(2)3)5-10-6-9-7-14(4)12-11-9/h7-8,10H,5-6H2,1-4H3. The van der Waals surface area contributed by atoms with Crippen LogP contribution in [0, 0.1) is 0 Å². The van der Waals surface area contributed by atoms with Crippen molar-refractivity contribution in [3.63, 3.8) is 0 Å². The van der Waals surface area contributed by atoms with Gasteiger partial charge >= 0.3 is 0 Å². The van der Waals surface area contributed by atoms with Crippen molar-refractivity contribution in [3.05, 3.63) is 11.9 Å². The van der Waals surface area contributed by atoms with Gasteiger partial charge in [-0.15, -0.1) is 5.10 Å². The maximum absolute atomic E-state index is 3.99. The number of nitrogens with zero attached hydrogens (tertiary/aromatic N) is 4. The molecule has 0 aliphatic carbocycles. The fourth-order valence-corrected chi connectivity index (χ4v) is 1.07. The molecule has 1 aromatic heterocycles. The lowest BCUT2D eigenvalue weighted by atomic mass is 10.3. The van der Waals surface area contributed by atoms with Crippen LogP contribution < -0.4 is 5.32 Å². The highest BCUT2D eigenvalue weighted by Gasteiger charge is 2.04. The van der Waals surface area contributed by atoms with Crippen molar-refractivity contribution in [2.24, 2.45) is 7.05 Å². The first-order chi connectivity index (χ1) is 6.59. The number of rotatable bonds is 5. The summed E-state index contributed by atoms with van der Waals surface area (Å²) in [6.07, 6.45) is 1.92. The fourth-order valence-electron chi connectivity index (χ4n) is 1.07. The number of nitrogens with one attached hydrogen (secondary N) is 1. The van der Waals surface area contributed by atoms with Gasteiger partial charge < -0.3 is 10.2 Å². The average molecular weight is 197 g/mol. The lowest BCUT2D eigenvalue weighted by Crippen LogP contribution is -2.35. The molecular weight excluding hydrogens is 178 g/mol. The van der Waals surface area contributed by atoms with Gasteiger partial charge in [0.25, 0.3) is 0 Å². The Labute approximate surface area is 85.1 Å². The Bertz CT molecular complexity index is 268. The second-order valence-electron chi connectivity index (χ2n) is 3.83. The van der Waals surface area contributed by atoms with Crippen molar-refractivity contribution in [2.75, 3.05) is 20.6 Å². The van der Waals surface area contributed by atoms with E-state index in [9.17, 15) is 0 Å². The van der Waals surface area contributed by atoms with E-state index in [1.54, 1.807) is 4.68 Å². The predicted molar refractivity (Wildman–Crippen MR) is 55.9 cm³/mol. The van der Waals surface area contributed by atoms with E-state index in [0.717, 1.165) is 18.8 Å². The van der Waals surface area contributed by atoms with E-state index in [1.165, 1.54) is 0 Å². The highest BCUT2D eigenvalue weighted by molar-refractivity contribution is 4.90. The minimum Gasteiger partial charge on any atom is -0.310 e. The normalized spacial score (nSPS) is 13.5. The third kappa shape index (κ3) is 3.43. The molecule has 0 saturated heterocycles. The molecule has 0 radical (unpaired) electrons. The topological polar surface area (TPSA) is 46.0 Å². The van der Waals surface area contributed by atoms with E-state index in [0.29, 0.717) is 6.04 Å². The smallest absolute Gasteiger partial charge is 0.0964 e. The van der Waals surface area contributed by atoms with Gasteiger partial charge in [-0.3, -0.25) is 4.68 Å². The maximum atomic E-state index is 3.99. The van der Waals surface area contributed by atoms with Crippen LogP contribution in [-0.2, 0) is 13.6 Å². The molecule has 0 aromatic carbocycles. The summed E-state index contributed by atoms with van der Waals surface area (Å²) in [5.41, 5.74) is 0.985. The van der Waals surface area contributed by atoms with Crippen LogP contribution in [0.25, 0.3) is 0 Å². The molecule has 1 rings (SSSR count). The molecule has 0 aliphatic heterocycles. The summed E-state index contributed by atoms with van der Waals surface area (Å²) in [7, 11) is 6.03. The molecule has 0 spiro atoms. The van der Waals surface area contributed by atoms with Crippen LogP contribution >= 0.6 is 0 Å². The van der Waals surface area contributed by atoms with Crippen LogP contribution in [0.2, 0.25) is 0 Å². The Balaban J connectivity index is 2.22. The largest absolute Gasteiger partial charge is 0.310 e. The van der Waals surface area contributed by atoms with Gasteiger partial charge in [0.2, 0.25) is 0 Å². The van der Waals surface area contributed by atoms with Gasteiger partial charge in [0.1, 0.15) is 0 Å². The summed E-state index contributed by atoms with van der Waals surface area (Å²) in [6.45, 7) is 3.93. The van der Waals surface area contributed by atoms with E-state index in [2.05, 4.69) is 41.5 Å². The van der Waals surface area contributed by atoms with Crippen LogP contribution in [0.5, 0.6) is 0 Å². The van der Waals surface area contributed by atoms with E-state index in [1.807, 2.05) is 13.2 Å². The Morgan fingerprint density at radius 2 is 2.29 bits per heavy atom. The van der Waals surface area contributed by atoms with Crippen molar-refractivity contribution >= 4 is 0 Å². The number of likely N-dealkylation sites (N-methyl/N-ethyl adjacent to an activating group) is 1. The first-order valence-electron chi connectivity index (χ1n) is 4.82. The lowest BCUT2D eigenvalue weighted by Gasteiger charge is -2.19. The zero-order chi connectivity index (χ0) is 10.6. The molecule has 1 N–H and O–H groups in total. The molecule has 80 valence electrons. The second-order valence-corrected chi connectivity index (χ2v) is 3.83. The summed E-state index contributed by atoms with van der Waals surface area (Å²) in [5.74, 6) is 0. The van der Waals surface area contributed by atoms with Crippen molar-refractivity contribution in [2.45, 2.75) is 19.5 Å². The molecule has 0 saturated carbocycles. The molecule has 1 unspecified atom stereocenters. The molecule has 0 fully saturated rings. The quantitative estimate of drug-likeness (QED) is 0.713. The molecular formula is C9H19N5. The highest BCUT2D eigenvalue weighted by atomic mass is 15.4. The second kappa shape index (κ2) is 5.07. The van der Waals surface area contributed by atoms with Crippen LogP contribution in [-0.4, -0.2) is 46.6 Å². The van der Waals surface area contributed by atoms with Gasteiger partial charge in [0.05, 0.1) is 5.69 Å². The molecule has 1 atom stereocenters. The highest BCUT2D eigenvalue weighted by Crippen LogP contribution is 1.92.